The smallest absolute Gasteiger partial charge is 0.191 e. The van der Waals surface area contributed by atoms with Crippen LogP contribution in [0.15, 0.2) is 29.4 Å². The lowest BCUT2D eigenvalue weighted by atomic mass is 10.2. The number of hydrogen-bond acceptors (Lipinski definition) is 4. The molecule has 1 saturated heterocycles. The summed E-state index contributed by atoms with van der Waals surface area (Å²) in [6, 6.07) is 6.13. The number of guanidine groups is 1. The molecule has 1 atom stereocenters. The van der Waals surface area contributed by atoms with Crippen molar-refractivity contribution in [3.05, 3.63) is 41.3 Å². The Bertz CT molecular complexity index is 716. The van der Waals surface area contributed by atoms with Crippen molar-refractivity contribution < 1.29 is 0 Å². The maximum absolute atomic E-state index is 4.53. The molecule has 1 aliphatic heterocycles. The largest absolute Gasteiger partial charge is 0.355 e. The van der Waals surface area contributed by atoms with Crippen molar-refractivity contribution in [3.63, 3.8) is 0 Å². The molecule has 0 amide bonds. The number of aliphatic imine (C=N–C) groups is 1. The minimum atomic E-state index is 0.696. The first-order chi connectivity index (χ1) is 12.2. The van der Waals surface area contributed by atoms with Crippen LogP contribution in [0.4, 0.5) is 0 Å². The van der Waals surface area contributed by atoms with Crippen molar-refractivity contribution in [1.29, 1.82) is 0 Å². The first-order valence-electron chi connectivity index (χ1n) is 8.70. The van der Waals surface area contributed by atoms with Crippen LogP contribution in [0.5, 0.6) is 0 Å². The number of nitrogens with one attached hydrogen (secondary N) is 2. The standard InChI is InChI=1S/C18H26N6S/c1-13-9-14(2)24(23-13)17-7-6-15(10-20-17)11-21-18(19-3)22-12-16-5-4-8-25-16/h6-7,9-10,16H,4-5,8,11-12H2,1-3H3,(H2,19,21,22). The van der Waals surface area contributed by atoms with Gasteiger partial charge in [-0.15, -0.1) is 0 Å². The summed E-state index contributed by atoms with van der Waals surface area (Å²) in [4.78, 5) is 8.83. The summed E-state index contributed by atoms with van der Waals surface area (Å²) in [5.41, 5.74) is 3.20. The molecule has 0 saturated carbocycles. The van der Waals surface area contributed by atoms with E-state index >= 15 is 0 Å². The first-order valence-corrected chi connectivity index (χ1v) is 9.75. The molecule has 2 N–H and O–H groups in total. The Morgan fingerprint density at radius 2 is 2.24 bits per heavy atom. The lowest BCUT2D eigenvalue weighted by molar-refractivity contribution is 0.725. The second-order valence-corrected chi connectivity index (χ2v) is 7.71. The molecule has 25 heavy (non-hydrogen) atoms. The van der Waals surface area contributed by atoms with Gasteiger partial charge < -0.3 is 10.6 Å². The molecule has 0 aromatic carbocycles. The quantitative estimate of drug-likeness (QED) is 0.635. The molecule has 2 aromatic heterocycles. The summed E-state index contributed by atoms with van der Waals surface area (Å²) in [7, 11) is 1.81. The molecule has 0 aliphatic carbocycles. The molecule has 0 radical (unpaired) electrons. The van der Waals surface area contributed by atoms with Gasteiger partial charge in [-0.1, -0.05) is 6.07 Å². The predicted molar refractivity (Wildman–Crippen MR) is 105 cm³/mol. The molecular weight excluding hydrogens is 332 g/mol. The van der Waals surface area contributed by atoms with Crippen LogP contribution in [0.3, 0.4) is 0 Å². The zero-order valence-electron chi connectivity index (χ0n) is 15.1. The molecule has 1 fully saturated rings. The van der Waals surface area contributed by atoms with Crippen LogP contribution in [-0.4, -0.2) is 45.3 Å². The summed E-state index contributed by atoms with van der Waals surface area (Å²) >= 11 is 2.05. The van der Waals surface area contributed by atoms with E-state index in [0.717, 1.165) is 35.3 Å². The predicted octanol–water partition coefficient (Wildman–Crippen LogP) is 2.44. The Hall–Kier alpha value is -2.02. The van der Waals surface area contributed by atoms with Crippen LogP contribution in [-0.2, 0) is 6.54 Å². The van der Waals surface area contributed by atoms with Gasteiger partial charge in [-0.25, -0.2) is 9.67 Å². The molecule has 3 heterocycles. The molecule has 0 bridgehead atoms. The summed E-state index contributed by atoms with van der Waals surface area (Å²) in [5, 5.41) is 11.9. The number of aryl methyl sites for hydroxylation is 2. The summed E-state index contributed by atoms with van der Waals surface area (Å²) in [6.45, 7) is 5.70. The highest BCUT2D eigenvalue weighted by Gasteiger charge is 2.15. The van der Waals surface area contributed by atoms with E-state index in [0.29, 0.717) is 11.8 Å². The van der Waals surface area contributed by atoms with Gasteiger partial charge in [-0.05, 0) is 50.1 Å². The average Bonchev–Trinajstić information content (AvgIpc) is 3.25. The molecule has 0 spiro atoms. The number of rotatable bonds is 5. The maximum Gasteiger partial charge on any atom is 0.191 e. The van der Waals surface area contributed by atoms with Gasteiger partial charge in [0.1, 0.15) is 0 Å². The second kappa shape index (κ2) is 8.38. The van der Waals surface area contributed by atoms with Gasteiger partial charge in [-0.2, -0.15) is 16.9 Å². The third-order valence-electron chi connectivity index (χ3n) is 4.24. The van der Waals surface area contributed by atoms with Crippen molar-refractivity contribution in [3.8, 4) is 5.82 Å². The minimum Gasteiger partial charge on any atom is -0.355 e. The van der Waals surface area contributed by atoms with Gasteiger partial charge in [0.15, 0.2) is 11.8 Å². The van der Waals surface area contributed by atoms with Crippen LogP contribution < -0.4 is 10.6 Å². The number of pyridine rings is 1. The van der Waals surface area contributed by atoms with E-state index in [-0.39, 0.29) is 0 Å². The van der Waals surface area contributed by atoms with Gasteiger partial charge in [0.05, 0.1) is 5.69 Å². The van der Waals surface area contributed by atoms with Crippen molar-refractivity contribution in [2.75, 3.05) is 19.3 Å². The number of nitrogens with zero attached hydrogens (tertiary/aromatic N) is 4. The number of hydrogen-bond donors (Lipinski definition) is 2. The number of aromatic nitrogens is 3. The Kier molecular flexibility index (Phi) is 5.96. The van der Waals surface area contributed by atoms with E-state index in [4.69, 9.17) is 0 Å². The fourth-order valence-corrected chi connectivity index (χ4v) is 4.13. The Balaban J connectivity index is 1.53. The van der Waals surface area contributed by atoms with Crippen LogP contribution >= 0.6 is 11.8 Å². The topological polar surface area (TPSA) is 67.1 Å². The Labute approximate surface area is 153 Å². The molecule has 3 rings (SSSR count). The highest BCUT2D eigenvalue weighted by molar-refractivity contribution is 8.00. The fraction of sp³-hybridized carbons (Fsp3) is 0.500. The maximum atomic E-state index is 4.53. The van der Waals surface area contributed by atoms with E-state index in [1.165, 1.54) is 18.6 Å². The SMILES string of the molecule is CN=C(NCc1ccc(-n2nc(C)cc2C)nc1)NCC1CCCS1. The third-order valence-corrected chi connectivity index (χ3v) is 5.64. The monoisotopic (exact) mass is 358 g/mol. The first kappa shape index (κ1) is 17.8. The van der Waals surface area contributed by atoms with Gasteiger partial charge >= 0.3 is 0 Å². The third kappa shape index (κ3) is 4.75. The highest BCUT2D eigenvalue weighted by Crippen LogP contribution is 2.25. The Morgan fingerprint density at radius 1 is 1.36 bits per heavy atom. The fourth-order valence-electron chi connectivity index (χ4n) is 2.93. The molecular formula is C18H26N6S. The lowest BCUT2D eigenvalue weighted by Gasteiger charge is -2.15. The van der Waals surface area contributed by atoms with Crippen LogP contribution in [0, 0.1) is 13.8 Å². The molecule has 1 aliphatic rings. The lowest BCUT2D eigenvalue weighted by Crippen LogP contribution is -2.39. The van der Waals surface area contributed by atoms with Gasteiger partial charge in [0.2, 0.25) is 0 Å². The summed E-state index contributed by atoms with van der Waals surface area (Å²) < 4.78 is 1.87. The van der Waals surface area contributed by atoms with E-state index in [2.05, 4.69) is 37.8 Å². The second-order valence-electron chi connectivity index (χ2n) is 6.31. The van der Waals surface area contributed by atoms with Crippen LogP contribution in [0.25, 0.3) is 5.82 Å². The van der Waals surface area contributed by atoms with Crippen molar-refractivity contribution in [2.24, 2.45) is 4.99 Å². The molecule has 1 unspecified atom stereocenters. The van der Waals surface area contributed by atoms with E-state index in [9.17, 15) is 0 Å². The Morgan fingerprint density at radius 3 is 2.84 bits per heavy atom. The van der Waals surface area contributed by atoms with E-state index in [1.54, 1.807) is 7.05 Å². The molecule has 6 nitrogen and oxygen atoms in total. The van der Waals surface area contributed by atoms with Crippen LogP contribution in [0.2, 0.25) is 0 Å². The van der Waals surface area contributed by atoms with Crippen LogP contribution in [0.1, 0.15) is 29.8 Å². The van der Waals surface area contributed by atoms with Gasteiger partial charge in [-0.3, -0.25) is 4.99 Å². The molecule has 7 heteroatoms. The normalized spacial score (nSPS) is 17.7. The zero-order valence-corrected chi connectivity index (χ0v) is 15.9. The van der Waals surface area contributed by atoms with Crippen molar-refractivity contribution in [1.82, 2.24) is 25.4 Å². The van der Waals surface area contributed by atoms with Gasteiger partial charge in [0, 0.05) is 37.3 Å². The summed E-state index contributed by atoms with van der Waals surface area (Å²) in [5.74, 6) is 2.97. The zero-order chi connectivity index (χ0) is 17.6. The average molecular weight is 359 g/mol. The van der Waals surface area contributed by atoms with Gasteiger partial charge in [0.25, 0.3) is 0 Å². The van der Waals surface area contributed by atoms with E-state index in [1.807, 2.05) is 42.6 Å². The molecule has 134 valence electrons. The number of thioether (sulfide) groups is 1. The van der Waals surface area contributed by atoms with E-state index < -0.39 is 0 Å². The molecule has 2 aromatic rings. The summed E-state index contributed by atoms with van der Waals surface area (Å²) in [6.07, 6.45) is 4.52. The van der Waals surface area contributed by atoms with Crippen molar-refractivity contribution in [2.45, 2.75) is 38.5 Å². The minimum absolute atomic E-state index is 0.696. The highest BCUT2D eigenvalue weighted by atomic mass is 32.2. The van der Waals surface area contributed by atoms with Crippen molar-refractivity contribution >= 4 is 17.7 Å².